The number of para-hydroxylation sites is 1. The fourth-order valence-corrected chi connectivity index (χ4v) is 1.43. The van der Waals surface area contributed by atoms with Gasteiger partial charge in [-0.3, -0.25) is 0 Å². The van der Waals surface area contributed by atoms with E-state index >= 15 is 0 Å². The highest BCUT2D eigenvalue weighted by atomic mass is 32.1. The van der Waals surface area contributed by atoms with Crippen LogP contribution in [0.3, 0.4) is 0 Å². The first kappa shape index (κ1) is 5.80. The monoisotopic (exact) mass is 152 g/mol. The number of halogens is 1. The van der Waals surface area contributed by atoms with Crippen molar-refractivity contribution in [3.05, 3.63) is 29.5 Å². The SMILES string of the molecule is Fc1cccc2s[c]nc12. The predicted octanol–water partition coefficient (Wildman–Crippen LogP) is 2.24. The van der Waals surface area contributed by atoms with Gasteiger partial charge in [-0.05, 0) is 12.1 Å². The van der Waals surface area contributed by atoms with Crippen LogP contribution in [0.2, 0.25) is 0 Å². The fraction of sp³-hybridized carbons (Fsp3) is 0. The summed E-state index contributed by atoms with van der Waals surface area (Å²) in [4.78, 5) is 3.74. The lowest BCUT2D eigenvalue weighted by Crippen LogP contribution is -1.73. The second kappa shape index (κ2) is 2.02. The van der Waals surface area contributed by atoms with Crippen LogP contribution >= 0.6 is 11.3 Å². The van der Waals surface area contributed by atoms with Gasteiger partial charge < -0.3 is 0 Å². The highest BCUT2D eigenvalue weighted by Gasteiger charge is 2.00. The van der Waals surface area contributed by atoms with Gasteiger partial charge in [0.25, 0.3) is 0 Å². The maximum Gasteiger partial charge on any atom is 0.153 e. The van der Waals surface area contributed by atoms with Gasteiger partial charge in [0, 0.05) is 0 Å². The summed E-state index contributed by atoms with van der Waals surface area (Å²) in [6, 6.07) is 4.89. The highest BCUT2D eigenvalue weighted by Crippen LogP contribution is 2.18. The first-order chi connectivity index (χ1) is 4.88. The van der Waals surface area contributed by atoms with Crippen LogP contribution in [0.5, 0.6) is 0 Å². The number of nitrogens with zero attached hydrogens (tertiary/aromatic N) is 1. The molecule has 1 aromatic carbocycles. The van der Waals surface area contributed by atoms with Crippen molar-refractivity contribution in [2.45, 2.75) is 0 Å². The minimum absolute atomic E-state index is 0.269. The molecule has 0 spiro atoms. The Morgan fingerprint density at radius 2 is 2.40 bits per heavy atom. The van der Waals surface area contributed by atoms with Gasteiger partial charge in [0.1, 0.15) is 11.3 Å². The number of benzene rings is 1. The molecule has 0 atom stereocenters. The lowest BCUT2D eigenvalue weighted by molar-refractivity contribution is 0.637. The van der Waals surface area contributed by atoms with Gasteiger partial charge in [-0.15, -0.1) is 11.3 Å². The van der Waals surface area contributed by atoms with E-state index in [0.29, 0.717) is 5.52 Å². The third-order valence-electron chi connectivity index (χ3n) is 1.26. The minimum atomic E-state index is -0.269. The Hall–Kier alpha value is -0.960. The molecule has 1 nitrogen and oxygen atoms in total. The molecule has 1 heterocycles. The second-order valence-electron chi connectivity index (χ2n) is 1.89. The van der Waals surface area contributed by atoms with Crippen molar-refractivity contribution in [3.8, 4) is 0 Å². The summed E-state index contributed by atoms with van der Waals surface area (Å²) < 4.78 is 13.6. The highest BCUT2D eigenvalue weighted by molar-refractivity contribution is 7.16. The molecule has 0 bridgehead atoms. The molecule has 0 amide bonds. The summed E-state index contributed by atoms with van der Waals surface area (Å²) in [5.41, 5.74) is 3.05. The summed E-state index contributed by atoms with van der Waals surface area (Å²) in [7, 11) is 0. The van der Waals surface area contributed by atoms with Crippen LogP contribution in [0.25, 0.3) is 10.2 Å². The Morgan fingerprint density at radius 3 is 3.20 bits per heavy atom. The van der Waals surface area contributed by atoms with Crippen LogP contribution in [0.4, 0.5) is 4.39 Å². The van der Waals surface area contributed by atoms with E-state index in [0.717, 1.165) is 4.70 Å². The summed E-state index contributed by atoms with van der Waals surface area (Å²) in [6.45, 7) is 0. The molecule has 0 saturated carbocycles. The van der Waals surface area contributed by atoms with Gasteiger partial charge in [0.05, 0.1) is 4.70 Å². The minimum Gasteiger partial charge on any atom is -0.230 e. The number of thiazole rings is 1. The van der Waals surface area contributed by atoms with Crippen LogP contribution in [0.1, 0.15) is 0 Å². The fourth-order valence-electron chi connectivity index (χ4n) is 0.804. The smallest absolute Gasteiger partial charge is 0.153 e. The molecule has 1 radical (unpaired) electrons. The van der Waals surface area contributed by atoms with Crippen LogP contribution in [-0.2, 0) is 0 Å². The third kappa shape index (κ3) is 0.708. The molecule has 0 aliphatic rings. The number of fused-ring (bicyclic) bond motifs is 1. The van der Waals surface area contributed by atoms with E-state index < -0.39 is 0 Å². The number of hydrogen-bond donors (Lipinski definition) is 0. The largest absolute Gasteiger partial charge is 0.230 e. The molecular weight excluding hydrogens is 149 g/mol. The van der Waals surface area contributed by atoms with Crippen LogP contribution < -0.4 is 0 Å². The summed E-state index contributed by atoms with van der Waals surface area (Å²) >= 11 is 1.33. The van der Waals surface area contributed by atoms with Crippen molar-refractivity contribution in [1.82, 2.24) is 4.98 Å². The van der Waals surface area contributed by atoms with Gasteiger partial charge in [-0.25, -0.2) is 9.37 Å². The first-order valence-corrected chi connectivity index (χ1v) is 3.60. The number of hydrogen-bond acceptors (Lipinski definition) is 2. The molecule has 2 aromatic rings. The molecule has 49 valence electrons. The van der Waals surface area contributed by atoms with Gasteiger partial charge in [-0.1, -0.05) is 6.07 Å². The van der Waals surface area contributed by atoms with Gasteiger partial charge >= 0.3 is 0 Å². The predicted molar refractivity (Wildman–Crippen MR) is 38.4 cm³/mol. The number of rotatable bonds is 0. The molecule has 3 heteroatoms. The van der Waals surface area contributed by atoms with E-state index in [-0.39, 0.29) is 5.82 Å². The van der Waals surface area contributed by atoms with E-state index in [1.807, 2.05) is 6.07 Å². The Labute approximate surface area is 61.1 Å². The zero-order valence-corrected chi connectivity index (χ0v) is 5.78. The molecule has 1 aromatic heterocycles. The molecule has 0 saturated heterocycles. The molecule has 0 fully saturated rings. The average molecular weight is 152 g/mol. The normalized spacial score (nSPS) is 10.5. The summed E-state index contributed by atoms with van der Waals surface area (Å²) in [6.07, 6.45) is 0. The molecule has 0 N–H and O–H groups in total. The Bertz CT molecular complexity index is 355. The standard InChI is InChI=1S/C7H3FNS/c8-5-2-1-3-6-7(5)9-4-10-6/h1-3H. The molecule has 0 aliphatic heterocycles. The van der Waals surface area contributed by atoms with E-state index in [2.05, 4.69) is 10.5 Å². The quantitative estimate of drug-likeness (QED) is 0.564. The van der Waals surface area contributed by atoms with Crippen molar-refractivity contribution in [3.63, 3.8) is 0 Å². The summed E-state index contributed by atoms with van der Waals surface area (Å²) in [5.74, 6) is -0.269. The zero-order chi connectivity index (χ0) is 6.97. The molecule has 10 heavy (non-hydrogen) atoms. The summed E-state index contributed by atoms with van der Waals surface area (Å²) in [5, 5.41) is 0. The lowest BCUT2D eigenvalue weighted by Gasteiger charge is -1.86. The Balaban J connectivity index is 2.95. The number of aromatic nitrogens is 1. The maximum absolute atomic E-state index is 12.7. The topological polar surface area (TPSA) is 12.9 Å². The average Bonchev–Trinajstić information content (AvgIpc) is 2.36. The Morgan fingerprint density at radius 1 is 1.50 bits per heavy atom. The lowest BCUT2D eigenvalue weighted by atomic mass is 10.3. The zero-order valence-electron chi connectivity index (χ0n) is 4.97. The Kier molecular flexibility index (Phi) is 1.17. The van der Waals surface area contributed by atoms with Gasteiger partial charge in [0.15, 0.2) is 5.51 Å². The van der Waals surface area contributed by atoms with Crippen molar-refractivity contribution in [2.24, 2.45) is 0 Å². The van der Waals surface area contributed by atoms with Crippen molar-refractivity contribution in [1.29, 1.82) is 0 Å². The molecular formula is C7H3FNS. The third-order valence-corrected chi connectivity index (χ3v) is 1.99. The van der Waals surface area contributed by atoms with E-state index in [1.165, 1.54) is 17.4 Å². The molecule has 0 aliphatic carbocycles. The van der Waals surface area contributed by atoms with Crippen molar-refractivity contribution < 1.29 is 4.39 Å². The van der Waals surface area contributed by atoms with Crippen LogP contribution in [-0.4, -0.2) is 4.98 Å². The van der Waals surface area contributed by atoms with Crippen molar-refractivity contribution >= 4 is 21.6 Å². The van der Waals surface area contributed by atoms with E-state index in [4.69, 9.17) is 0 Å². The molecule has 2 rings (SSSR count). The van der Waals surface area contributed by atoms with E-state index in [9.17, 15) is 4.39 Å². The first-order valence-electron chi connectivity index (χ1n) is 2.79. The van der Waals surface area contributed by atoms with Gasteiger partial charge in [0.2, 0.25) is 0 Å². The van der Waals surface area contributed by atoms with Crippen LogP contribution in [0.15, 0.2) is 18.2 Å². The van der Waals surface area contributed by atoms with Gasteiger partial charge in [-0.2, -0.15) is 0 Å². The van der Waals surface area contributed by atoms with Crippen LogP contribution in [0, 0.1) is 11.3 Å². The molecule has 0 unspecified atom stereocenters. The maximum atomic E-state index is 12.7. The van der Waals surface area contributed by atoms with Crippen molar-refractivity contribution in [2.75, 3.05) is 0 Å². The second-order valence-corrected chi connectivity index (χ2v) is 2.72. The van der Waals surface area contributed by atoms with E-state index in [1.54, 1.807) is 6.07 Å².